The Kier molecular flexibility index (Phi) is 3.37. The predicted molar refractivity (Wildman–Crippen MR) is 79.3 cm³/mol. The molecule has 0 aliphatic carbocycles. The number of hydrogen-bond acceptors (Lipinski definition) is 4. The van der Waals surface area contributed by atoms with Crippen molar-refractivity contribution in [3.05, 3.63) is 47.0 Å². The molecule has 1 fully saturated rings. The van der Waals surface area contributed by atoms with Gasteiger partial charge in [-0.25, -0.2) is 9.07 Å². The van der Waals surface area contributed by atoms with E-state index in [-0.39, 0.29) is 23.6 Å². The number of fused-ring (bicyclic) bond motifs is 3. The van der Waals surface area contributed by atoms with E-state index in [9.17, 15) is 9.18 Å². The van der Waals surface area contributed by atoms with E-state index in [0.717, 1.165) is 11.3 Å². The highest BCUT2D eigenvalue weighted by Gasteiger charge is 2.38. The van der Waals surface area contributed by atoms with Gasteiger partial charge in [-0.05, 0) is 31.0 Å². The number of halogens is 1. The summed E-state index contributed by atoms with van der Waals surface area (Å²) >= 11 is 0. The lowest BCUT2D eigenvalue weighted by Crippen LogP contribution is -2.50. The zero-order valence-corrected chi connectivity index (χ0v) is 12.8. The molecule has 120 valence electrons. The highest BCUT2D eigenvalue weighted by atomic mass is 19.1. The van der Waals surface area contributed by atoms with Gasteiger partial charge in [0, 0.05) is 13.1 Å². The molecule has 2 aliphatic heterocycles. The molecular formula is C16H17FN4O2. The summed E-state index contributed by atoms with van der Waals surface area (Å²) in [5.74, 6) is -0.758. The van der Waals surface area contributed by atoms with Crippen molar-refractivity contribution in [3.8, 4) is 0 Å². The molecule has 1 saturated heterocycles. The first kappa shape index (κ1) is 14.3. The summed E-state index contributed by atoms with van der Waals surface area (Å²) in [6.07, 6.45) is 2.41. The molecule has 0 bridgehead atoms. The summed E-state index contributed by atoms with van der Waals surface area (Å²) in [6, 6.07) is 4.63. The van der Waals surface area contributed by atoms with Crippen LogP contribution in [0.3, 0.4) is 0 Å². The average Bonchev–Trinajstić information content (AvgIpc) is 3.03. The molecule has 3 heterocycles. The van der Waals surface area contributed by atoms with Gasteiger partial charge < -0.3 is 9.64 Å². The summed E-state index contributed by atoms with van der Waals surface area (Å²) < 4.78 is 21.7. The Hall–Kier alpha value is -2.28. The van der Waals surface area contributed by atoms with Crippen LogP contribution in [0.2, 0.25) is 0 Å². The lowest BCUT2D eigenvalue weighted by Gasteiger charge is -2.41. The fourth-order valence-electron chi connectivity index (χ4n) is 3.33. The smallest absolute Gasteiger partial charge is 0.256 e. The molecule has 0 N–H and O–H groups in total. The van der Waals surface area contributed by atoms with E-state index in [0.29, 0.717) is 26.1 Å². The first-order valence-electron chi connectivity index (χ1n) is 7.69. The van der Waals surface area contributed by atoms with Crippen molar-refractivity contribution in [2.24, 2.45) is 0 Å². The molecule has 1 aromatic carbocycles. The van der Waals surface area contributed by atoms with E-state index in [2.05, 4.69) is 10.3 Å². The zero-order chi connectivity index (χ0) is 16.0. The number of carbonyl (C=O) groups is 1. The Morgan fingerprint density at radius 2 is 2.30 bits per heavy atom. The van der Waals surface area contributed by atoms with Crippen LogP contribution in [0, 0.1) is 12.7 Å². The van der Waals surface area contributed by atoms with Gasteiger partial charge in [0.25, 0.3) is 5.91 Å². The number of piperidine rings is 1. The van der Waals surface area contributed by atoms with Crippen LogP contribution in [0.15, 0.2) is 24.4 Å². The van der Waals surface area contributed by atoms with E-state index in [1.54, 1.807) is 30.2 Å². The number of carbonyl (C=O) groups excluding carboxylic acids is 1. The highest BCUT2D eigenvalue weighted by molar-refractivity contribution is 5.94. The molecule has 4 rings (SSSR count). The minimum atomic E-state index is -0.474. The summed E-state index contributed by atoms with van der Waals surface area (Å²) in [6.45, 7) is 3.30. The van der Waals surface area contributed by atoms with Gasteiger partial charge >= 0.3 is 0 Å². The number of rotatable bonds is 1. The van der Waals surface area contributed by atoms with Crippen LogP contribution in [0.25, 0.3) is 0 Å². The predicted octanol–water partition coefficient (Wildman–Crippen LogP) is 1.71. The molecule has 0 saturated carbocycles. The SMILES string of the molecule is Cc1ccc(C(=O)N2CC[C@H]3OCc4cnnn4[C@H]3C2)c(F)c1. The molecule has 2 aromatic rings. The lowest BCUT2D eigenvalue weighted by molar-refractivity contribution is -0.0605. The van der Waals surface area contributed by atoms with Gasteiger partial charge in [-0.1, -0.05) is 11.3 Å². The second kappa shape index (κ2) is 5.42. The molecule has 2 aliphatic rings. The normalized spacial score (nSPS) is 23.3. The van der Waals surface area contributed by atoms with Gasteiger partial charge in [0.05, 0.1) is 36.2 Å². The monoisotopic (exact) mass is 316 g/mol. The van der Waals surface area contributed by atoms with E-state index in [1.807, 2.05) is 4.68 Å². The molecule has 0 spiro atoms. The fraction of sp³-hybridized carbons (Fsp3) is 0.438. The molecule has 0 unspecified atom stereocenters. The molecule has 7 heteroatoms. The van der Waals surface area contributed by atoms with Gasteiger partial charge in [0.1, 0.15) is 5.82 Å². The number of benzene rings is 1. The molecule has 23 heavy (non-hydrogen) atoms. The minimum Gasteiger partial charge on any atom is -0.370 e. The molecule has 6 nitrogen and oxygen atoms in total. The van der Waals surface area contributed by atoms with Gasteiger partial charge in [-0.3, -0.25) is 4.79 Å². The Balaban J connectivity index is 1.59. The largest absolute Gasteiger partial charge is 0.370 e. The number of hydrogen-bond donors (Lipinski definition) is 0. The van der Waals surface area contributed by atoms with Crippen LogP contribution >= 0.6 is 0 Å². The number of aromatic nitrogens is 3. The number of nitrogens with zero attached hydrogens (tertiary/aromatic N) is 4. The van der Waals surface area contributed by atoms with Crippen molar-refractivity contribution in [1.29, 1.82) is 0 Å². The van der Waals surface area contributed by atoms with Gasteiger partial charge in [-0.15, -0.1) is 5.10 Å². The summed E-state index contributed by atoms with van der Waals surface area (Å²) in [4.78, 5) is 14.3. The van der Waals surface area contributed by atoms with E-state index in [4.69, 9.17) is 4.74 Å². The third-order valence-corrected chi connectivity index (χ3v) is 4.57. The molecule has 1 amide bonds. The topological polar surface area (TPSA) is 60.3 Å². The van der Waals surface area contributed by atoms with Crippen molar-refractivity contribution in [1.82, 2.24) is 19.9 Å². The number of ether oxygens (including phenoxy) is 1. The quantitative estimate of drug-likeness (QED) is 0.803. The number of likely N-dealkylation sites (tertiary alicyclic amines) is 1. The maximum Gasteiger partial charge on any atom is 0.256 e. The Labute approximate surface area is 132 Å². The fourth-order valence-corrected chi connectivity index (χ4v) is 3.33. The summed E-state index contributed by atoms with van der Waals surface area (Å²) in [5.41, 5.74) is 1.82. The lowest BCUT2D eigenvalue weighted by atomic mass is 9.99. The van der Waals surface area contributed by atoms with Crippen molar-refractivity contribution >= 4 is 5.91 Å². The third kappa shape index (κ3) is 2.41. The van der Waals surface area contributed by atoms with Crippen LogP contribution in [-0.4, -0.2) is 45.0 Å². The second-order valence-corrected chi connectivity index (χ2v) is 6.11. The Morgan fingerprint density at radius 1 is 1.43 bits per heavy atom. The molecular weight excluding hydrogens is 299 g/mol. The molecule has 0 radical (unpaired) electrons. The van der Waals surface area contributed by atoms with Crippen LogP contribution < -0.4 is 0 Å². The van der Waals surface area contributed by atoms with E-state index in [1.165, 1.54) is 6.07 Å². The summed E-state index contributed by atoms with van der Waals surface area (Å²) in [7, 11) is 0. The first-order valence-corrected chi connectivity index (χ1v) is 7.69. The highest BCUT2D eigenvalue weighted by Crippen LogP contribution is 2.30. The van der Waals surface area contributed by atoms with Gasteiger partial charge in [0.2, 0.25) is 0 Å². The number of amides is 1. The second-order valence-electron chi connectivity index (χ2n) is 6.11. The molecule has 1 aromatic heterocycles. The van der Waals surface area contributed by atoms with E-state index >= 15 is 0 Å². The van der Waals surface area contributed by atoms with Gasteiger partial charge in [0.15, 0.2) is 0 Å². The van der Waals surface area contributed by atoms with Crippen LogP contribution in [0.5, 0.6) is 0 Å². The maximum atomic E-state index is 14.1. The Morgan fingerprint density at radius 3 is 3.13 bits per heavy atom. The zero-order valence-electron chi connectivity index (χ0n) is 12.8. The first-order chi connectivity index (χ1) is 11.1. The van der Waals surface area contributed by atoms with E-state index < -0.39 is 5.82 Å². The van der Waals surface area contributed by atoms with Crippen molar-refractivity contribution in [2.45, 2.75) is 32.1 Å². The minimum absolute atomic E-state index is 0.0242. The van der Waals surface area contributed by atoms with Crippen molar-refractivity contribution in [2.75, 3.05) is 13.1 Å². The van der Waals surface area contributed by atoms with Crippen LogP contribution in [-0.2, 0) is 11.3 Å². The maximum absolute atomic E-state index is 14.1. The van der Waals surface area contributed by atoms with Crippen molar-refractivity contribution in [3.63, 3.8) is 0 Å². The standard InChI is InChI=1S/C16H17FN4O2/c1-10-2-3-12(13(17)6-10)16(22)20-5-4-15-14(8-20)21-11(9-23-15)7-18-19-21/h2-3,6-7,14-15H,4-5,8-9H2,1H3/t14-,15+/m0/s1. The third-order valence-electron chi connectivity index (χ3n) is 4.57. The summed E-state index contributed by atoms with van der Waals surface area (Å²) in [5, 5.41) is 8.03. The van der Waals surface area contributed by atoms with Crippen LogP contribution in [0.1, 0.15) is 34.1 Å². The average molecular weight is 316 g/mol. The van der Waals surface area contributed by atoms with Gasteiger partial charge in [-0.2, -0.15) is 0 Å². The van der Waals surface area contributed by atoms with Crippen LogP contribution in [0.4, 0.5) is 4.39 Å². The Bertz CT molecular complexity index is 760. The van der Waals surface area contributed by atoms with Crippen molar-refractivity contribution < 1.29 is 13.9 Å². The number of aryl methyl sites for hydroxylation is 1. The molecule has 2 atom stereocenters.